The van der Waals surface area contributed by atoms with E-state index in [2.05, 4.69) is 0 Å². The van der Waals surface area contributed by atoms with E-state index >= 15 is 0 Å². The summed E-state index contributed by atoms with van der Waals surface area (Å²) in [6.07, 6.45) is 0. The Morgan fingerprint density at radius 2 is 1.24 bits per heavy atom. The maximum Gasteiger partial charge on any atom is 0.346 e. The van der Waals surface area contributed by atoms with Crippen molar-refractivity contribution >= 4 is 63.9 Å². The van der Waals surface area contributed by atoms with Gasteiger partial charge in [0.25, 0.3) is 0 Å². The molecule has 0 unspecified atom stereocenters. The van der Waals surface area contributed by atoms with Crippen LogP contribution in [0.15, 0.2) is 0 Å². The topological polar surface area (TPSA) is 92.9 Å². The molecule has 2 N–H and O–H groups in total. The molecular weight excluding hydrogens is 455 g/mol. The van der Waals surface area contributed by atoms with Crippen LogP contribution in [0, 0.1) is 0 Å². The first kappa shape index (κ1) is 26.2. The summed E-state index contributed by atoms with van der Waals surface area (Å²) >= 11 is 23.2. The van der Waals surface area contributed by atoms with Crippen LogP contribution < -0.4 is 5.73 Å². The van der Waals surface area contributed by atoms with Gasteiger partial charge in [-0.05, 0) is 0 Å². The van der Waals surface area contributed by atoms with Crippen LogP contribution in [0.2, 0.25) is 0 Å². The second-order valence-electron chi connectivity index (χ2n) is 4.93. The van der Waals surface area contributed by atoms with Crippen molar-refractivity contribution in [2.75, 3.05) is 74.4 Å². The van der Waals surface area contributed by atoms with E-state index in [4.69, 9.17) is 56.7 Å². The Labute approximate surface area is 170 Å². The van der Waals surface area contributed by atoms with Crippen molar-refractivity contribution < 1.29 is 17.5 Å². The Bertz CT molecular complexity index is 469. The molecule has 0 radical (unpaired) electrons. The predicted molar refractivity (Wildman–Crippen MR) is 107 cm³/mol. The van der Waals surface area contributed by atoms with Crippen molar-refractivity contribution in [3.05, 3.63) is 0 Å². The van der Waals surface area contributed by atoms with Crippen molar-refractivity contribution in [3.8, 4) is 0 Å². The van der Waals surface area contributed by atoms with Crippen LogP contribution >= 0.6 is 54.1 Å². The Kier molecular flexibility index (Phi) is 14.9. The van der Waals surface area contributed by atoms with Crippen LogP contribution in [0.3, 0.4) is 0 Å². The average molecular weight is 481 g/mol. The van der Waals surface area contributed by atoms with Crippen LogP contribution in [0.25, 0.3) is 0 Å². The zero-order valence-corrected chi connectivity index (χ0v) is 18.7. The molecule has 13 heteroatoms. The standard InChI is InChI=1S/C12H26Cl4N3O4PS/c13-1-6-18(7-2-14)24(20,19(8-3-15)9-4-16)23-10-12-25(21,22)11-5-17/h1-12,17H2. The summed E-state index contributed by atoms with van der Waals surface area (Å²) in [5, 5.41) is 0. The van der Waals surface area contributed by atoms with Gasteiger partial charge in [-0.2, -0.15) is 0 Å². The van der Waals surface area contributed by atoms with Crippen molar-refractivity contribution in [2.45, 2.75) is 0 Å². The van der Waals surface area contributed by atoms with Gasteiger partial charge in [0.1, 0.15) is 0 Å². The molecule has 0 bridgehead atoms. The minimum absolute atomic E-state index is 0.0231. The van der Waals surface area contributed by atoms with E-state index in [0.717, 1.165) is 0 Å². The number of halogens is 4. The fraction of sp³-hybridized carbons (Fsp3) is 1.00. The third-order valence-corrected chi connectivity index (χ3v) is 8.24. The molecule has 0 aromatic carbocycles. The van der Waals surface area contributed by atoms with Crippen molar-refractivity contribution in [1.29, 1.82) is 0 Å². The van der Waals surface area contributed by atoms with E-state index in [1.54, 1.807) is 0 Å². The molecule has 0 aliphatic rings. The molecule has 0 heterocycles. The first-order valence-electron chi connectivity index (χ1n) is 7.71. The highest BCUT2D eigenvalue weighted by atomic mass is 35.5. The third-order valence-electron chi connectivity index (χ3n) is 3.17. The third kappa shape index (κ3) is 9.79. The smallest absolute Gasteiger partial charge is 0.329 e. The lowest BCUT2D eigenvalue weighted by Crippen LogP contribution is -2.38. The molecule has 0 aromatic rings. The number of rotatable bonds is 16. The molecule has 0 fully saturated rings. The number of alkyl halides is 4. The van der Waals surface area contributed by atoms with Gasteiger partial charge in [-0.15, -0.1) is 46.4 Å². The summed E-state index contributed by atoms with van der Waals surface area (Å²) in [6.45, 7) is 0.853. The van der Waals surface area contributed by atoms with E-state index in [-0.39, 0.29) is 74.4 Å². The largest absolute Gasteiger partial charge is 0.346 e. The van der Waals surface area contributed by atoms with E-state index in [1.807, 2.05) is 0 Å². The Morgan fingerprint density at radius 3 is 1.56 bits per heavy atom. The summed E-state index contributed by atoms with van der Waals surface area (Å²) < 4.78 is 45.8. The van der Waals surface area contributed by atoms with Gasteiger partial charge in [-0.25, -0.2) is 17.8 Å². The van der Waals surface area contributed by atoms with Crippen molar-refractivity contribution in [1.82, 2.24) is 9.34 Å². The highest BCUT2D eigenvalue weighted by molar-refractivity contribution is 7.91. The number of nitrogens with zero attached hydrogens (tertiary/aromatic N) is 2. The van der Waals surface area contributed by atoms with Gasteiger partial charge < -0.3 is 10.3 Å². The molecule has 0 spiro atoms. The van der Waals surface area contributed by atoms with Crippen LogP contribution in [0.5, 0.6) is 0 Å². The normalized spacial score (nSPS) is 13.1. The van der Waals surface area contributed by atoms with Gasteiger partial charge in [0, 0.05) is 56.2 Å². The van der Waals surface area contributed by atoms with E-state index in [1.165, 1.54) is 9.34 Å². The van der Waals surface area contributed by atoms with E-state index in [9.17, 15) is 13.0 Å². The lowest BCUT2D eigenvalue weighted by Gasteiger charge is -2.37. The SMILES string of the molecule is NCCS(=O)(=O)CCOP(=O)(N(CCCl)CCCl)N(CCCl)CCCl. The zero-order chi connectivity index (χ0) is 19.3. The van der Waals surface area contributed by atoms with E-state index in [0.29, 0.717) is 0 Å². The molecule has 25 heavy (non-hydrogen) atoms. The minimum atomic E-state index is -3.58. The molecule has 0 amide bonds. The highest BCUT2D eigenvalue weighted by Gasteiger charge is 2.38. The summed E-state index contributed by atoms with van der Waals surface area (Å²) in [5.41, 5.74) is 5.28. The van der Waals surface area contributed by atoms with Gasteiger partial charge in [-0.1, -0.05) is 0 Å². The Morgan fingerprint density at radius 1 is 0.840 bits per heavy atom. The fourth-order valence-electron chi connectivity index (χ4n) is 2.03. The van der Waals surface area contributed by atoms with Crippen LogP contribution in [-0.2, 0) is 18.9 Å². The van der Waals surface area contributed by atoms with Crippen LogP contribution in [-0.4, -0.2) is 92.1 Å². The average Bonchev–Trinajstić information content (AvgIpc) is 2.54. The Balaban J connectivity index is 5.37. The van der Waals surface area contributed by atoms with Gasteiger partial charge >= 0.3 is 7.67 Å². The maximum atomic E-state index is 13.6. The first-order valence-corrected chi connectivity index (χ1v) is 13.2. The van der Waals surface area contributed by atoms with Gasteiger partial charge in [0.05, 0.1) is 18.1 Å². The minimum Gasteiger partial charge on any atom is -0.329 e. The number of hydrogen-bond acceptors (Lipinski definition) is 5. The number of nitrogens with two attached hydrogens (primary N) is 1. The zero-order valence-electron chi connectivity index (χ0n) is 14.0. The first-order chi connectivity index (χ1) is 11.8. The lowest BCUT2D eigenvalue weighted by molar-refractivity contribution is 0.226. The second kappa shape index (κ2) is 14.2. The summed E-state index contributed by atoms with van der Waals surface area (Å²) in [6, 6.07) is 0. The molecule has 0 saturated carbocycles. The molecule has 0 aromatic heterocycles. The number of sulfone groups is 1. The van der Waals surface area contributed by atoms with E-state index < -0.39 is 17.5 Å². The van der Waals surface area contributed by atoms with Crippen molar-refractivity contribution in [2.24, 2.45) is 5.73 Å². The fourth-order valence-corrected chi connectivity index (χ4v) is 6.76. The molecule has 152 valence electrons. The predicted octanol–water partition coefficient (Wildman–Crippen LogP) is 2.04. The van der Waals surface area contributed by atoms with Crippen molar-refractivity contribution in [3.63, 3.8) is 0 Å². The molecule has 7 nitrogen and oxygen atoms in total. The monoisotopic (exact) mass is 479 g/mol. The highest BCUT2D eigenvalue weighted by Crippen LogP contribution is 2.54. The molecule has 0 saturated heterocycles. The molecule has 0 rings (SSSR count). The summed E-state index contributed by atoms with van der Waals surface area (Å²) in [5.74, 6) is 0.424. The Hall–Kier alpha value is 1.18. The number of hydrogen-bond donors (Lipinski definition) is 1. The van der Waals surface area contributed by atoms with Crippen LogP contribution in [0.4, 0.5) is 0 Å². The summed E-state index contributed by atoms with van der Waals surface area (Å²) in [4.78, 5) is 0. The van der Waals surface area contributed by atoms with Gasteiger partial charge in [-0.3, -0.25) is 4.57 Å². The molecule has 0 aliphatic carbocycles. The van der Waals surface area contributed by atoms with Crippen LogP contribution in [0.1, 0.15) is 0 Å². The second-order valence-corrected chi connectivity index (χ2v) is 11.1. The molecular formula is C12H26Cl4N3O4PS. The van der Waals surface area contributed by atoms with Gasteiger partial charge in [0.15, 0.2) is 9.84 Å². The van der Waals surface area contributed by atoms with Gasteiger partial charge in [0.2, 0.25) is 0 Å². The molecule has 0 atom stereocenters. The maximum absolute atomic E-state index is 13.6. The quantitative estimate of drug-likeness (QED) is 0.267. The molecule has 0 aliphatic heterocycles. The summed E-state index contributed by atoms with van der Waals surface area (Å²) in [7, 11) is -6.94. The lowest BCUT2D eigenvalue weighted by atomic mass is 10.6.